The molecular weight excluding hydrogens is 523 g/mol. The van der Waals surface area contributed by atoms with Crippen molar-refractivity contribution in [2.75, 3.05) is 0 Å². The number of nitrogens with one attached hydrogen (secondary N) is 1. The number of carbonyl (C=O) groups excluding carboxylic acids is 1. The van der Waals surface area contributed by atoms with Gasteiger partial charge in [-0.05, 0) is 85.0 Å². The largest absolute Gasteiger partial charge is 0.416 e. The van der Waals surface area contributed by atoms with E-state index < -0.39 is 17.8 Å². The molecule has 0 saturated heterocycles. The highest BCUT2D eigenvalue weighted by atomic mass is 19.4. The van der Waals surface area contributed by atoms with Crippen molar-refractivity contribution in [2.24, 2.45) is 0 Å². The fourth-order valence-electron chi connectivity index (χ4n) is 5.12. The highest BCUT2D eigenvalue weighted by Gasteiger charge is 2.30. The quantitative estimate of drug-likeness (QED) is 0.231. The molecule has 0 unspecified atom stereocenters. The van der Waals surface area contributed by atoms with Crippen LogP contribution in [-0.4, -0.2) is 10.5 Å². The summed E-state index contributed by atoms with van der Waals surface area (Å²) in [7, 11) is 0. The van der Waals surface area contributed by atoms with Crippen LogP contribution in [0.25, 0.3) is 22.0 Å². The van der Waals surface area contributed by atoms with Crippen LogP contribution in [0.15, 0.2) is 91.0 Å². The second kappa shape index (κ2) is 11.0. The van der Waals surface area contributed by atoms with Crippen molar-refractivity contribution in [2.45, 2.75) is 39.5 Å². The number of nitrogens with zero attached hydrogens (tertiary/aromatic N) is 2. The molecule has 0 spiro atoms. The Balaban J connectivity index is 1.35. The van der Waals surface area contributed by atoms with E-state index in [0.29, 0.717) is 23.2 Å². The highest BCUT2D eigenvalue weighted by molar-refractivity contribution is 5.99. The van der Waals surface area contributed by atoms with Gasteiger partial charge in [-0.1, -0.05) is 54.6 Å². The second-order valence-corrected chi connectivity index (χ2v) is 10.2. The third kappa shape index (κ3) is 5.59. The van der Waals surface area contributed by atoms with Crippen LogP contribution < -0.4 is 5.32 Å². The van der Waals surface area contributed by atoms with E-state index >= 15 is 0 Å². The number of carbonyl (C=O) groups is 1. The number of alkyl halides is 3. The lowest BCUT2D eigenvalue weighted by molar-refractivity contribution is -0.137. The number of amides is 1. The Morgan fingerprint density at radius 3 is 2.29 bits per heavy atom. The fourth-order valence-corrected chi connectivity index (χ4v) is 5.12. The van der Waals surface area contributed by atoms with Gasteiger partial charge in [-0.2, -0.15) is 18.4 Å². The lowest BCUT2D eigenvalue weighted by atomic mass is 9.99. The van der Waals surface area contributed by atoms with Crippen LogP contribution in [0.2, 0.25) is 0 Å². The van der Waals surface area contributed by atoms with Crippen LogP contribution in [0.3, 0.4) is 0 Å². The first-order chi connectivity index (χ1) is 19.6. The average Bonchev–Trinajstić information content (AvgIpc) is 3.21. The minimum atomic E-state index is -4.40. The summed E-state index contributed by atoms with van der Waals surface area (Å²) in [6, 6.07) is 27.9. The molecule has 0 radical (unpaired) electrons. The summed E-state index contributed by atoms with van der Waals surface area (Å²) in [6.45, 7) is 6.48. The average molecular weight is 552 g/mol. The van der Waals surface area contributed by atoms with Crippen LogP contribution in [0.4, 0.5) is 13.2 Å². The maximum absolute atomic E-state index is 13.1. The van der Waals surface area contributed by atoms with E-state index in [4.69, 9.17) is 0 Å². The van der Waals surface area contributed by atoms with Gasteiger partial charge in [0.1, 0.15) is 0 Å². The molecule has 5 aromatic rings. The van der Waals surface area contributed by atoms with Crippen molar-refractivity contribution in [3.05, 3.63) is 130 Å². The maximum atomic E-state index is 13.1. The molecule has 206 valence electrons. The maximum Gasteiger partial charge on any atom is 0.416 e. The van der Waals surface area contributed by atoms with Crippen molar-refractivity contribution in [1.29, 1.82) is 5.26 Å². The van der Waals surface area contributed by atoms with Gasteiger partial charge in [0, 0.05) is 28.7 Å². The number of benzene rings is 4. The zero-order chi connectivity index (χ0) is 29.3. The molecule has 4 aromatic carbocycles. The Bertz CT molecular complexity index is 1780. The van der Waals surface area contributed by atoms with Gasteiger partial charge in [-0.15, -0.1) is 0 Å². The van der Waals surface area contributed by atoms with Gasteiger partial charge in [0.25, 0.3) is 5.91 Å². The normalized spacial score (nSPS) is 12.2. The van der Waals surface area contributed by atoms with Gasteiger partial charge in [0.15, 0.2) is 0 Å². The number of aryl methyl sites for hydroxylation is 1. The SMILES string of the molecule is Cc1c(C)n(Cc2ccc(-c3ccccc3C#N)cc2)c2ccc(C(=O)N[C@@H](C)c3ccc(C(F)(F)F)cc3)cc12. The van der Waals surface area contributed by atoms with Crippen molar-refractivity contribution in [3.63, 3.8) is 0 Å². The zero-order valence-electron chi connectivity index (χ0n) is 22.9. The molecule has 1 amide bonds. The second-order valence-electron chi connectivity index (χ2n) is 10.2. The first-order valence-corrected chi connectivity index (χ1v) is 13.2. The molecule has 1 aromatic heterocycles. The monoisotopic (exact) mass is 551 g/mol. The van der Waals surface area contributed by atoms with Gasteiger partial charge in [-0.25, -0.2) is 0 Å². The van der Waals surface area contributed by atoms with Gasteiger partial charge < -0.3 is 9.88 Å². The van der Waals surface area contributed by atoms with Crippen molar-refractivity contribution in [3.8, 4) is 17.2 Å². The fraction of sp³-hybridized carbons (Fsp3) is 0.176. The van der Waals surface area contributed by atoms with E-state index in [1.807, 2.05) is 55.5 Å². The van der Waals surface area contributed by atoms with Gasteiger partial charge in [0.2, 0.25) is 0 Å². The topological polar surface area (TPSA) is 57.8 Å². The minimum absolute atomic E-state index is 0.294. The van der Waals surface area contributed by atoms with Crippen LogP contribution in [-0.2, 0) is 12.7 Å². The predicted molar refractivity (Wildman–Crippen MR) is 154 cm³/mol. The van der Waals surface area contributed by atoms with Crippen LogP contribution >= 0.6 is 0 Å². The molecule has 0 fully saturated rings. The number of hydrogen-bond donors (Lipinski definition) is 1. The van der Waals surface area contributed by atoms with E-state index in [2.05, 4.69) is 35.0 Å². The molecule has 41 heavy (non-hydrogen) atoms. The van der Waals surface area contributed by atoms with E-state index in [9.17, 15) is 23.2 Å². The molecule has 0 saturated carbocycles. The minimum Gasteiger partial charge on any atom is -0.346 e. The van der Waals surface area contributed by atoms with E-state index in [1.54, 1.807) is 13.0 Å². The molecule has 1 N–H and O–H groups in total. The van der Waals surface area contributed by atoms with Crippen LogP contribution in [0.1, 0.15) is 56.8 Å². The van der Waals surface area contributed by atoms with E-state index in [0.717, 1.165) is 51.0 Å². The Kier molecular flexibility index (Phi) is 7.42. The number of rotatable bonds is 6. The Morgan fingerprint density at radius 2 is 1.63 bits per heavy atom. The third-order valence-corrected chi connectivity index (χ3v) is 7.64. The molecule has 1 heterocycles. The van der Waals surface area contributed by atoms with Crippen molar-refractivity contribution in [1.82, 2.24) is 9.88 Å². The summed E-state index contributed by atoms with van der Waals surface area (Å²) in [5.74, 6) is -0.294. The zero-order valence-corrected chi connectivity index (χ0v) is 22.9. The molecular formula is C34H28F3N3O. The van der Waals surface area contributed by atoms with E-state index in [1.165, 1.54) is 12.1 Å². The molecule has 1 atom stereocenters. The lowest BCUT2D eigenvalue weighted by Crippen LogP contribution is -2.26. The Labute approximate surface area is 236 Å². The summed E-state index contributed by atoms with van der Waals surface area (Å²) >= 11 is 0. The van der Waals surface area contributed by atoms with E-state index in [-0.39, 0.29) is 5.91 Å². The summed E-state index contributed by atoms with van der Waals surface area (Å²) in [5.41, 5.74) is 7.15. The van der Waals surface area contributed by atoms with Gasteiger partial charge in [-0.3, -0.25) is 4.79 Å². The van der Waals surface area contributed by atoms with Crippen LogP contribution in [0.5, 0.6) is 0 Å². The summed E-state index contributed by atoms with van der Waals surface area (Å²) in [4.78, 5) is 13.1. The molecule has 0 bridgehead atoms. The Hall–Kier alpha value is -4.83. The standard InChI is InChI=1S/C34H28F3N3O/c1-21-23(3)40(20-24-8-10-26(11-9-24)30-7-5-4-6-28(30)19-38)32-17-14-27(18-31(21)32)33(41)39-22(2)25-12-15-29(16-13-25)34(35,36)37/h4-18,22H,20H2,1-3H3,(H,39,41)/t22-/m0/s1. The smallest absolute Gasteiger partial charge is 0.346 e. The summed E-state index contributed by atoms with van der Waals surface area (Å²) in [5, 5.41) is 13.3. The Morgan fingerprint density at radius 1 is 0.951 bits per heavy atom. The molecule has 7 heteroatoms. The molecule has 0 aliphatic rings. The number of fused-ring (bicyclic) bond motifs is 1. The number of halogens is 3. The van der Waals surface area contributed by atoms with Crippen molar-refractivity contribution >= 4 is 16.8 Å². The molecule has 5 rings (SSSR count). The molecule has 4 nitrogen and oxygen atoms in total. The summed E-state index contributed by atoms with van der Waals surface area (Å²) < 4.78 is 40.9. The lowest BCUT2D eigenvalue weighted by Gasteiger charge is -2.16. The number of aromatic nitrogens is 1. The molecule has 0 aliphatic carbocycles. The highest BCUT2D eigenvalue weighted by Crippen LogP contribution is 2.31. The number of nitriles is 1. The van der Waals surface area contributed by atoms with Gasteiger partial charge in [0.05, 0.1) is 23.2 Å². The van der Waals surface area contributed by atoms with Crippen molar-refractivity contribution < 1.29 is 18.0 Å². The van der Waals surface area contributed by atoms with Gasteiger partial charge >= 0.3 is 6.18 Å². The summed E-state index contributed by atoms with van der Waals surface area (Å²) in [6.07, 6.45) is -4.40. The third-order valence-electron chi connectivity index (χ3n) is 7.64. The first-order valence-electron chi connectivity index (χ1n) is 13.2. The number of hydrogen-bond acceptors (Lipinski definition) is 2. The predicted octanol–water partition coefficient (Wildman–Crippen LogP) is 8.35. The van der Waals surface area contributed by atoms with Crippen LogP contribution in [0, 0.1) is 25.2 Å². The molecule has 0 aliphatic heterocycles. The first kappa shape index (κ1) is 27.7.